The van der Waals surface area contributed by atoms with Crippen molar-refractivity contribution in [1.29, 1.82) is 0 Å². The van der Waals surface area contributed by atoms with Gasteiger partial charge < -0.3 is 9.84 Å². The van der Waals surface area contributed by atoms with Crippen LogP contribution >= 0.6 is 0 Å². The van der Waals surface area contributed by atoms with Gasteiger partial charge in [-0.1, -0.05) is 25.8 Å². The van der Waals surface area contributed by atoms with Gasteiger partial charge in [-0.2, -0.15) is 0 Å². The molecule has 0 aromatic rings. The molecule has 86 valence electrons. The van der Waals surface area contributed by atoms with Crippen molar-refractivity contribution in [2.24, 2.45) is 0 Å². The van der Waals surface area contributed by atoms with E-state index in [0.717, 1.165) is 12.8 Å². The molecule has 1 atom stereocenters. The lowest BCUT2D eigenvalue weighted by Gasteiger charge is -2.19. The van der Waals surface area contributed by atoms with E-state index in [1.165, 1.54) is 18.4 Å². The Kier molecular flexibility index (Phi) is 4.33. The van der Waals surface area contributed by atoms with Gasteiger partial charge in [-0.05, 0) is 25.3 Å². The molecule has 1 aliphatic heterocycles. The standard InChI is InChI=1S/C12H20O3/c1-3-4-5-6-10-7-12(2,15-9-10)8-11(13)14/h6H,3-5,7-9H2,1-2H3,(H,13,14)/b10-6+. The van der Waals surface area contributed by atoms with Gasteiger partial charge in [0.2, 0.25) is 0 Å². The van der Waals surface area contributed by atoms with Gasteiger partial charge in [0.05, 0.1) is 18.6 Å². The first-order valence-corrected chi connectivity index (χ1v) is 5.59. The summed E-state index contributed by atoms with van der Waals surface area (Å²) in [6.45, 7) is 4.65. The molecule has 0 amide bonds. The average Bonchev–Trinajstić information content (AvgIpc) is 2.46. The molecule has 15 heavy (non-hydrogen) atoms. The highest BCUT2D eigenvalue weighted by molar-refractivity contribution is 5.68. The smallest absolute Gasteiger partial charge is 0.306 e. The van der Waals surface area contributed by atoms with Gasteiger partial charge in [0.15, 0.2) is 0 Å². The summed E-state index contributed by atoms with van der Waals surface area (Å²) < 4.78 is 5.55. The SMILES string of the molecule is CCCC/C=C1/COC(C)(CC(=O)O)C1. The molecule has 1 unspecified atom stereocenters. The van der Waals surface area contributed by atoms with Crippen molar-refractivity contribution < 1.29 is 14.6 Å². The number of unbranched alkanes of at least 4 members (excludes halogenated alkanes) is 2. The van der Waals surface area contributed by atoms with Crippen LogP contribution in [0.25, 0.3) is 0 Å². The first-order chi connectivity index (χ1) is 7.06. The third kappa shape index (κ3) is 4.04. The third-order valence-corrected chi connectivity index (χ3v) is 2.72. The molecule has 0 aliphatic carbocycles. The van der Waals surface area contributed by atoms with E-state index in [1.54, 1.807) is 0 Å². The van der Waals surface area contributed by atoms with Crippen LogP contribution in [0.2, 0.25) is 0 Å². The van der Waals surface area contributed by atoms with Crippen LogP contribution in [0.15, 0.2) is 11.6 Å². The first-order valence-electron chi connectivity index (χ1n) is 5.59. The molecule has 1 aliphatic rings. The van der Waals surface area contributed by atoms with Crippen molar-refractivity contribution in [3.8, 4) is 0 Å². The predicted octanol–water partition coefficient (Wildman–Crippen LogP) is 2.76. The van der Waals surface area contributed by atoms with Crippen LogP contribution in [0.3, 0.4) is 0 Å². The number of aliphatic carboxylic acids is 1. The van der Waals surface area contributed by atoms with E-state index in [2.05, 4.69) is 13.0 Å². The fraction of sp³-hybridized carbons (Fsp3) is 0.750. The molecule has 0 aromatic carbocycles. The van der Waals surface area contributed by atoms with Gasteiger partial charge in [-0.15, -0.1) is 0 Å². The lowest BCUT2D eigenvalue weighted by atomic mass is 9.96. The van der Waals surface area contributed by atoms with Crippen molar-refractivity contribution in [2.45, 2.75) is 51.6 Å². The van der Waals surface area contributed by atoms with Crippen molar-refractivity contribution in [3.63, 3.8) is 0 Å². The van der Waals surface area contributed by atoms with Gasteiger partial charge in [0.25, 0.3) is 0 Å². The summed E-state index contributed by atoms with van der Waals surface area (Å²) in [5.41, 5.74) is 0.774. The Hall–Kier alpha value is -0.830. The Balaban J connectivity index is 2.43. The second kappa shape index (κ2) is 5.31. The number of carbonyl (C=O) groups is 1. The van der Waals surface area contributed by atoms with Crippen LogP contribution in [0.4, 0.5) is 0 Å². The van der Waals surface area contributed by atoms with Crippen molar-refractivity contribution in [3.05, 3.63) is 11.6 Å². The van der Waals surface area contributed by atoms with E-state index in [-0.39, 0.29) is 6.42 Å². The molecule has 1 rings (SSSR count). The summed E-state index contributed by atoms with van der Waals surface area (Å²) in [4.78, 5) is 10.6. The molecule has 0 radical (unpaired) electrons. The van der Waals surface area contributed by atoms with E-state index >= 15 is 0 Å². The Labute approximate surface area is 91.1 Å². The van der Waals surface area contributed by atoms with Crippen LogP contribution in [0.5, 0.6) is 0 Å². The first kappa shape index (κ1) is 12.2. The molecular formula is C12H20O3. The molecule has 3 nitrogen and oxygen atoms in total. The number of hydrogen-bond acceptors (Lipinski definition) is 2. The van der Waals surface area contributed by atoms with Gasteiger partial charge in [-0.25, -0.2) is 0 Å². The van der Waals surface area contributed by atoms with E-state index in [9.17, 15) is 4.79 Å². The number of hydrogen-bond donors (Lipinski definition) is 1. The zero-order chi connectivity index (χ0) is 11.3. The van der Waals surface area contributed by atoms with Crippen LogP contribution < -0.4 is 0 Å². The quantitative estimate of drug-likeness (QED) is 0.563. The molecule has 1 N–H and O–H groups in total. The summed E-state index contributed by atoms with van der Waals surface area (Å²) in [6.07, 6.45) is 6.53. The van der Waals surface area contributed by atoms with Gasteiger partial charge in [-0.3, -0.25) is 4.79 Å². The van der Waals surface area contributed by atoms with E-state index in [1.807, 2.05) is 6.92 Å². The summed E-state index contributed by atoms with van der Waals surface area (Å²) in [7, 11) is 0. The molecule has 1 saturated heterocycles. The second-order valence-electron chi connectivity index (χ2n) is 4.49. The molecule has 1 heterocycles. The van der Waals surface area contributed by atoms with Crippen LogP contribution in [0.1, 0.15) is 46.0 Å². The van der Waals surface area contributed by atoms with Crippen LogP contribution in [-0.2, 0) is 9.53 Å². The van der Waals surface area contributed by atoms with Crippen LogP contribution in [0, 0.1) is 0 Å². The normalized spacial score (nSPS) is 28.5. The molecule has 3 heteroatoms. The number of ether oxygens (including phenoxy) is 1. The maximum absolute atomic E-state index is 10.6. The summed E-state index contributed by atoms with van der Waals surface area (Å²) in [6, 6.07) is 0. The van der Waals surface area contributed by atoms with E-state index in [0.29, 0.717) is 6.61 Å². The molecular weight excluding hydrogens is 192 g/mol. The highest BCUT2D eigenvalue weighted by atomic mass is 16.5. The summed E-state index contributed by atoms with van der Waals surface area (Å²) in [5, 5.41) is 8.74. The minimum Gasteiger partial charge on any atom is -0.481 e. The lowest BCUT2D eigenvalue weighted by molar-refractivity contribution is -0.142. The molecule has 0 bridgehead atoms. The molecule has 0 spiro atoms. The summed E-state index contributed by atoms with van der Waals surface area (Å²) >= 11 is 0. The van der Waals surface area contributed by atoms with Gasteiger partial charge >= 0.3 is 5.97 Å². The Bertz CT molecular complexity index is 258. The van der Waals surface area contributed by atoms with E-state index < -0.39 is 11.6 Å². The topological polar surface area (TPSA) is 46.5 Å². The fourth-order valence-electron chi connectivity index (χ4n) is 1.92. The summed E-state index contributed by atoms with van der Waals surface area (Å²) in [5.74, 6) is -0.785. The van der Waals surface area contributed by atoms with Crippen molar-refractivity contribution >= 4 is 5.97 Å². The maximum atomic E-state index is 10.6. The minimum absolute atomic E-state index is 0.0954. The molecule has 0 saturated carbocycles. The minimum atomic E-state index is -0.785. The van der Waals surface area contributed by atoms with Crippen LogP contribution in [-0.4, -0.2) is 23.3 Å². The Morgan fingerprint density at radius 2 is 2.40 bits per heavy atom. The number of allylic oxidation sites excluding steroid dienone is 1. The third-order valence-electron chi connectivity index (χ3n) is 2.72. The Morgan fingerprint density at radius 3 is 3.00 bits per heavy atom. The molecule has 1 fully saturated rings. The average molecular weight is 212 g/mol. The predicted molar refractivity (Wildman–Crippen MR) is 58.8 cm³/mol. The number of rotatable bonds is 5. The number of carboxylic acids is 1. The zero-order valence-electron chi connectivity index (χ0n) is 9.58. The second-order valence-corrected chi connectivity index (χ2v) is 4.49. The molecule has 0 aromatic heterocycles. The highest BCUT2D eigenvalue weighted by Crippen LogP contribution is 2.32. The van der Waals surface area contributed by atoms with Gasteiger partial charge in [0.1, 0.15) is 0 Å². The van der Waals surface area contributed by atoms with E-state index in [4.69, 9.17) is 9.84 Å². The Morgan fingerprint density at radius 1 is 1.67 bits per heavy atom. The monoisotopic (exact) mass is 212 g/mol. The fourth-order valence-corrected chi connectivity index (χ4v) is 1.92. The van der Waals surface area contributed by atoms with Gasteiger partial charge in [0, 0.05) is 0 Å². The van der Waals surface area contributed by atoms with Crippen molar-refractivity contribution in [2.75, 3.05) is 6.61 Å². The highest BCUT2D eigenvalue weighted by Gasteiger charge is 2.34. The number of carboxylic acid groups (broad SMARTS) is 1. The van der Waals surface area contributed by atoms with Crippen molar-refractivity contribution in [1.82, 2.24) is 0 Å². The largest absolute Gasteiger partial charge is 0.481 e. The maximum Gasteiger partial charge on any atom is 0.306 e. The lowest BCUT2D eigenvalue weighted by Crippen LogP contribution is -2.26. The zero-order valence-corrected chi connectivity index (χ0v) is 9.58.